The molecule has 0 spiro atoms. The first-order valence-electron chi connectivity index (χ1n) is 6.59. The molecule has 0 saturated carbocycles. The first-order valence-corrected chi connectivity index (χ1v) is 6.59. The van der Waals surface area contributed by atoms with Gasteiger partial charge in [-0.1, -0.05) is 18.2 Å². The standard InChI is InChI=1S/C16H16N2O2/c1-11(10-17)19-13-7-8-14-15(9-13)20-16(18-14)12-5-3-2-4-6-12/h2-9,11H,10,17H2,1H3. The van der Waals surface area contributed by atoms with Gasteiger partial charge in [-0.05, 0) is 31.2 Å². The van der Waals surface area contributed by atoms with Crippen molar-refractivity contribution < 1.29 is 9.15 Å². The van der Waals surface area contributed by atoms with Gasteiger partial charge in [-0.15, -0.1) is 0 Å². The average molecular weight is 268 g/mol. The van der Waals surface area contributed by atoms with Crippen LogP contribution in [0, 0.1) is 0 Å². The number of hydrogen-bond donors (Lipinski definition) is 1. The van der Waals surface area contributed by atoms with Crippen LogP contribution >= 0.6 is 0 Å². The van der Waals surface area contributed by atoms with Crippen LogP contribution < -0.4 is 10.5 Å². The summed E-state index contributed by atoms with van der Waals surface area (Å²) < 4.78 is 11.5. The normalized spacial score (nSPS) is 12.5. The maximum atomic E-state index is 5.79. The predicted octanol–water partition coefficient (Wildman–Crippen LogP) is 3.22. The molecule has 1 aromatic heterocycles. The number of hydrogen-bond acceptors (Lipinski definition) is 4. The summed E-state index contributed by atoms with van der Waals surface area (Å²) in [6.45, 7) is 2.41. The number of nitrogens with two attached hydrogens (primary N) is 1. The Bertz CT molecular complexity index is 707. The Hall–Kier alpha value is -2.33. The summed E-state index contributed by atoms with van der Waals surface area (Å²) in [5, 5.41) is 0. The quantitative estimate of drug-likeness (QED) is 0.789. The van der Waals surface area contributed by atoms with E-state index in [-0.39, 0.29) is 6.10 Å². The molecular formula is C16H16N2O2. The number of nitrogens with zero attached hydrogens (tertiary/aromatic N) is 1. The van der Waals surface area contributed by atoms with Crippen LogP contribution in [0.4, 0.5) is 0 Å². The predicted molar refractivity (Wildman–Crippen MR) is 78.6 cm³/mol. The highest BCUT2D eigenvalue weighted by atomic mass is 16.5. The lowest BCUT2D eigenvalue weighted by Gasteiger charge is -2.11. The molecule has 102 valence electrons. The average Bonchev–Trinajstić information content (AvgIpc) is 2.91. The number of aromatic nitrogens is 1. The molecule has 0 saturated heterocycles. The van der Waals surface area contributed by atoms with Gasteiger partial charge in [0, 0.05) is 18.2 Å². The van der Waals surface area contributed by atoms with Crippen molar-refractivity contribution in [3.63, 3.8) is 0 Å². The lowest BCUT2D eigenvalue weighted by atomic mass is 10.2. The number of rotatable bonds is 4. The Morgan fingerprint density at radius 3 is 2.75 bits per heavy atom. The van der Waals surface area contributed by atoms with Gasteiger partial charge >= 0.3 is 0 Å². The van der Waals surface area contributed by atoms with Gasteiger partial charge in [0.25, 0.3) is 0 Å². The fourth-order valence-corrected chi connectivity index (χ4v) is 1.96. The second-order valence-corrected chi connectivity index (χ2v) is 4.68. The molecule has 4 heteroatoms. The van der Waals surface area contributed by atoms with E-state index in [2.05, 4.69) is 4.98 Å². The van der Waals surface area contributed by atoms with Crippen LogP contribution in [0.2, 0.25) is 0 Å². The monoisotopic (exact) mass is 268 g/mol. The molecule has 0 fully saturated rings. The first-order chi connectivity index (χ1) is 9.76. The summed E-state index contributed by atoms with van der Waals surface area (Å²) in [5.41, 5.74) is 8.04. The molecule has 2 aromatic carbocycles. The van der Waals surface area contributed by atoms with E-state index in [1.165, 1.54) is 0 Å². The largest absolute Gasteiger partial charge is 0.489 e. The van der Waals surface area contributed by atoms with Gasteiger partial charge in [-0.3, -0.25) is 0 Å². The van der Waals surface area contributed by atoms with E-state index in [4.69, 9.17) is 14.9 Å². The number of benzene rings is 2. The number of fused-ring (bicyclic) bond motifs is 1. The Labute approximate surface area is 117 Å². The topological polar surface area (TPSA) is 61.3 Å². The van der Waals surface area contributed by atoms with Crippen LogP contribution in [-0.4, -0.2) is 17.6 Å². The van der Waals surface area contributed by atoms with Gasteiger partial charge in [0.15, 0.2) is 5.58 Å². The van der Waals surface area contributed by atoms with E-state index in [0.717, 1.165) is 16.8 Å². The Morgan fingerprint density at radius 1 is 1.20 bits per heavy atom. The van der Waals surface area contributed by atoms with Gasteiger partial charge in [0.05, 0.1) is 0 Å². The summed E-state index contributed by atoms with van der Waals surface area (Å²) in [7, 11) is 0. The van der Waals surface area contributed by atoms with Gasteiger partial charge < -0.3 is 14.9 Å². The summed E-state index contributed by atoms with van der Waals surface area (Å²) >= 11 is 0. The van der Waals surface area contributed by atoms with Crippen molar-refractivity contribution in [2.75, 3.05) is 6.54 Å². The van der Waals surface area contributed by atoms with Crippen LogP contribution in [0.3, 0.4) is 0 Å². The van der Waals surface area contributed by atoms with E-state index in [1.54, 1.807) is 0 Å². The van der Waals surface area contributed by atoms with E-state index < -0.39 is 0 Å². The third-order valence-electron chi connectivity index (χ3n) is 3.05. The lowest BCUT2D eigenvalue weighted by molar-refractivity contribution is 0.230. The highest BCUT2D eigenvalue weighted by molar-refractivity contribution is 5.77. The molecule has 0 aliphatic carbocycles. The molecule has 4 nitrogen and oxygen atoms in total. The minimum atomic E-state index is -0.0241. The SMILES string of the molecule is CC(CN)Oc1ccc2nc(-c3ccccc3)oc2c1. The van der Waals surface area contributed by atoms with Crippen molar-refractivity contribution in [1.29, 1.82) is 0 Å². The molecule has 0 radical (unpaired) electrons. The zero-order chi connectivity index (χ0) is 13.9. The van der Waals surface area contributed by atoms with Gasteiger partial charge in [-0.2, -0.15) is 0 Å². The Balaban J connectivity index is 1.95. The van der Waals surface area contributed by atoms with Crippen LogP contribution in [0.5, 0.6) is 5.75 Å². The van der Waals surface area contributed by atoms with E-state index >= 15 is 0 Å². The van der Waals surface area contributed by atoms with Crippen LogP contribution in [0.15, 0.2) is 52.9 Å². The summed E-state index contributed by atoms with van der Waals surface area (Å²) in [5.74, 6) is 1.36. The van der Waals surface area contributed by atoms with Crippen molar-refractivity contribution in [3.05, 3.63) is 48.5 Å². The lowest BCUT2D eigenvalue weighted by Crippen LogP contribution is -2.22. The van der Waals surface area contributed by atoms with Crippen LogP contribution in [-0.2, 0) is 0 Å². The molecule has 3 aromatic rings. The van der Waals surface area contributed by atoms with Crippen LogP contribution in [0.25, 0.3) is 22.6 Å². The molecule has 0 aliphatic rings. The maximum absolute atomic E-state index is 5.79. The highest BCUT2D eigenvalue weighted by Gasteiger charge is 2.09. The molecule has 2 N–H and O–H groups in total. The third-order valence-corrected chi connectivity index (χ3v) is 3.05. The van der Waals surface area contributed by atoms with Crippen molar-refractivity contribution >= 4 is 11.1 Å². The Morgan fingerprint density at radius 2 is 2.00 bits per heavy atom. The van der Waals surface area contributed by atoms with Crippen molar-refractivity contribution in [2.24, 2.45) is 5.73 Å². The zero-order valence-corrected chi connectivity index (χ0v) is 11.2. The molecule has 1 atom stereocenters. The number of ether oxygens (including phenoxy) is 1. The Kier molecular flexibility index (Phi) is 3.39. The molecular weight excluding hydrogens is 252 g/mol. The van der Waals surface area contributed by atoms with Gasteiger partial charge in [-0.25, -0.2) is 4.98 Å². The molecule has 0 aliphatic heterocycles. The van der Waals surface area contributed by atoms with Crippen molar-refractivity contribution in [2.45, 2.75) is 13.0 Å². The third kappa shape index (κ3) is 2.51. The first kappa shape index (κ1) is 12.7. The summed E-state index contributed by atoms with van der Waals surface area (Å²) in [6.07, 6.45) is -0.0241. The second-order valence-electron chi connectivity index (χ2n) is 4.68. The van der Waals surface area contributed by atoms with E-state index in [0.29, 0.717) is 18.0 Å². The fraction of sp³-hybridized carbons (Fsp3) is 0.188. The highest BCUT2D eigenvalue weighted by Crippen LogP contribution is 2.27. The fourth-order valence-electron chi connectivity index (χ4n) is 1.96. The summed E-state index contributed by atoms with van der Waals surface area (Å²) in [6, 6.07) is 15.4. The summed E-state index contributed by atoms with van der Waals surface area (Å²) in [4.78, 5) is 4.48. The molecule has 20 heavy (non-hydrogen) atoms. The van der Waals surface area contributed by atoms with Gasteiger partial charge in [0.2, 0.25) is 5.89 Å². The molecule has 0 amide bonds. The minimum Gasteiger partial charge on any atom is -0.489 e. The second kappa shape index (κ2) is 5.35. The molecule has 0 bridgehead atoms. The smallest absolute Gasteiger partial charge is 0.227 e. The van der Waals surface area contributed by atoms with Crippen LogP contribution in [0.1, 0.15) is 6.92 Å². The molecule has 1 heterocycles. The van der Waals surface area contributed by atoms with Crippen molar-refractivity contribution in [3.8, 4) is 17.2 Å². The van der Waals surface area contributed by atoms with E-state index in [9.17, 15) is 0 Å². The number of oxazole rings is 1. The van der Waals surface area contributed by atoms with Gasteiger partial charge in [0.1, 0.15) is 17.4 Å². The molecule has 1 unspecified atom stereocenters. The minimum absolute atomic E-state index is 0.0241. The van der Waals surface area contributed by atoms with E-state index in [1.807, 2.05) is 55.5 Å². The van der Waals surface area contributed by atoms with Crippen molar-refractivity contribution in [1.82, 2.24) is 4.98 Å². The molecule has 3 rings (SSSR count). The zero-order valence-electron chi connectivity index (χ0n) is 11.2. The maximum Gasteiger partial charge on any atom is 0.227 e.